The van der Waals surface area contributed by atoms with Crippen LogP contribution in [-0.2, 0) is 19.7 Å². The Morgan fingerprint density at radius 1 is 0.897 bits per heavy atom. The SMILES string of the molecule is COc1cc(CNCc2nc3ccccc3[nH]2)ccc1OCc1ccc(C)cc1. The molecule has 1 heterocycles. The van der Waals surface area contributed by atoms with E-state index in [1.165, 1.54) is 5.56 Å². The van der Waals surface area contributed by atoms with E-state index in [2.05, 4.69) is 52.5 Å². The molecular weight excluding hydrogens is 362 g/mol. The normalized spacial score (nSPS) is 11.0. The number of nitrogens with zero attached hydrogens (tertiary/aromatic N) is 1. The lowest BCUT2D eigenvalue weighted by molar-refractivity contribution is 0.284. The zero-order chi connectivity index (χ0) is 20.1. The number of para-hydroxylation sites is 2. The number of H-pyrrole nitrogens is 1. The number of hydrogen-bond acceptors (Lipinski definition) is 4. The number of aryl methyl sites for hydroxylation is 1. The highest BCUT2D eigenvalue weighted by atomic mass is 16.5. The zero-order valence-electron chi connectivity index (χ0n) is 16.7. The third-order valence-corrected chi connectivity index (χ3v) is 4.80. The Bertz CT molecular complexity index is 1050. The van der Waals surface area contributed by atoms with Crippen molar-refractivity contribution >= 4 is 11.0 Å². The number of hydrogen-bond donors (Lipinski definition) is 2. The van der Waals surface area contributed by atoms with Crippen LogP contribution < -0.4 is 14.8 Å². The van der Waals surface area contributed by atoms with Crippen LogP contribution in [-0.4, -0.2) is 17.1 Å². The molecule has 0 bridgehead atoms. The molecule has 0 radical (unpaired) electrons. The van der Waals surface area contributed by atoms with E-state index in [1.54, 1.807) is 7.11 Å². The van der Waals surface area contributed by atoms with E-state index >= 15 is 0 Å². The largest absolute Gasteiger partial charge is 0.493 e. The summed E-state index contributed by atoms with van der Waals surface area (Å²) in [5.41, 5.74) is 5.54. The average Bonchev–Trinajstić information content (AvgIpc) is 3.16. The number of fused-ring (bicyclic) bond motifs is 1. The Morgan fingerprint density at radius 3 is 2.48 bits per heavy atom. The molecule has 29 heavy (non-hydrogen) atoms. The zero-order valence-corrected chi connectivity index (χ0v) is 16.7. The van der Waals surface area contributed by atoms with Gasteiger partial charge in [-0.25, -0.2) is 4.98 Å². The van der Waals surface area contributed by atoms with E-state index in [4.69, 9.17) is 9.47 Å². The summed E-state index contributed by atoms with van der Waals surface area (Å²) in [4.78, 5) is 7.92. The third kappa shape index (κ3) is 4.76. The molecule has 5 nitrogen and oxygen atoms in total. The molecule has 5 heteroatoms. The van der Waals surface area contributed by atoms with E-state index in [1.807, 2.05) is 36.4 Å². The molecule has 0 unspecified atom stereocenters. The van der Waals surface area contributed by atoms with Gasteiger partial charge < -0.3 is 19.8 Å². The lowest BCUT2D eigenvalue weighted by Crippen LogP contribution is -2.13. The molecule has 0 spiro atoms. The maximum absolute atomic E-state index is 5.96. The highest BCUT2D eigenvalue weighted by Gasteiger charge is 2.07. The van der Waals surface area contributed by atoms with E-state index in [-0.39, 0.29) is 0 Å². The van der Waals surface area contributed by atoms with Crippen LogP contribution in [0.5, 0.6) is 11.5 Å². The van der Waals surface area contributed by atoms with Gasteiger partial charge in [0.1, 0.15) is 12.4 Å². The van der Waals surface area contributed by atoms with Crippen molar-refractivity contribution in [1.29, 1.82) is 0 Å². The van der Waals surface area contributed by atoms with E-state index in [0.717, 1.165) is 39.5 Å². The quantitative estimate of drug-likeness (QED) is 0.458. The Morgan fingerprint density at radius 2 is 1.69 bits per heavy atom. The number of nitrogens with one attached hydrogen (secondary N) is 2. The minimum atomic E-state index is 0.514. The van der Waals surface area contributed by atoms with Gasteiger partial charge in [0.05, 0.1) is 24.7 Å². The van der Waals surface area contributed by atoms with Crippen LogP contribution in [0.3, 0.4) is 0 Å². The van der Waals surface area contributed by atoms with Crippen molar-refractivity contribution in [3.8, 4) is 11.5 Å². The first kappa shape index (κ1) is 19.0. The maximum Gasteiger partial charge on any atom is 0.161 e. The molecule has 0 aliphatic carbocycles. The molecule has 148 valence electrons. The highest BCUT2D eigenvalue weighted by molar-refractivity contribution is 5.74. The van der Waals surface area contributed by atoms with Gasteiger partial charge in [-0.2, -0.15) is 0 Å². The van der Waals surface area contributed by atoms with Gasteiger partial charge in [-0.3, -0.25) is 0 Å². The molecule has 4 rings (SSSR count). The van der Waals surface area contributed by atoms with Crippen molar-refractivity contribution in [1.82, 2.24) is 15.3 Å². The lowest BCUT2D eigenvalue weighted by Gasteiger charge is -2.13. The van der Waals surface area contributed by atoms with Crippen LogP contribution in [0.1, 0.15) is 22.5 Å². The first-order chi connectivity index (χ1) is 14.2. The predicted molar refractivity (Wildman–Crippen MR) is 115 cm³/mol. The second-order valence-electron chi connectivity index (χ2n) is 7.06. The Hall–Kier alpha value is -3.31. The lowest BCUT2D eigenvalue weighted by atomic mass is 10.1. The van der Waals surface area contributed by atoms with E-state index in [9.17, 15) is 0 Å². The standard InChI is InChI=1S/C24H25N3O2/c1-17-7-9-18(10-8-17)16-29-22-12-11-19(13-23(22)28-2)14-25-15-24-26-20-5-3-4-6-21(20)27-24/h3-13,25H,14-16H2,1-2H3,(H,26,27). The summed E-state index contributed by atoms with van der Waals surface area (Å²) in [5, 5.41) is 3.42. The minimum Gasteiger partial charge on any atom is -0.493 e. The van der Waals surface area contributed by atoms with Gasteiger partial charge in [-0.1, -0.05) is 48.0 Å². The summed E-state index contributed by atoms with van der Waals surface area (Å²) in [6.45, 7) is 3.98. The van der Waals surface area contributed by atoms with Crippen molar-refractivity contribution in [2.45, 2.75) is 26.6 Å². The minimum absolute atomic E-state index is 0.514. The fraction of sp³-hybridized carbons (Fsp3) is 0.208. The summed E-state index contributed by atoms with van der Waals surface area (Å²) in [6.07, 6.45) is 0. The van der Waals surface area contributed by atoms with Gasteiger partial charge in [0.2, 0.25) is 0 Å². The first-order valence-electron chi connectivity index (χ1n) is 9.71. The van der Waals surface area contributed by atoms with Crippen LogP contribution >= 0.6 is 0 Å². The van der Waals surface area contributed by atoms with Gasteiger partial charge in [0.15, 0.2) is 11.5 Å². The molecule has 0 aliphatic rings. The second-order valence-corrected chi connectivity index (χ2v) is 7.06. The summed E-state index contributed by atoms with van der Waals surface area (Å²) in [7, 11) is 1.67. The van der Waals surface area contributed by atoms with Crippen molar-refractivity contribution in [3.63, 3.8) is 0 Å². The van der Waals surface area contributed by atoms with Gasteiger partial charge in [0.25, 0.3) is 0 Å². The molecule has 0 amide bonds. The van der Waals surface area contributed by atoms with Gasteiger partial charge in [0, 0.05) is 6.54 Å². The van der Waals surface area contributed by atoms with E-state index < -0.39 is 0 Å². The second kappa shape index (κ2) is 8.80. The van der Waals surface area contributed by atoms with Crippen molar-refractivity contribution in [3.05, 3.63) is 89.2 Å². The van der Waals surface area contributed by atoms with Crippen molar-refractivity contribution in [2.75, 3.05) is 7.11 Å². The smallest absolute Gasteiger partial charge is 0.161 e. The Balaban J connectivity index is 1.35. The fourth-order valence-corrected chi connectivity index (χ4v) is 3.20. The molecular formula is C24H25N3O2. The van der Waals surface area contributed by atoms with Crippen LogP contribution in [0.25, 0.3) is 11.0 Å². The van der Waals surface area contributed by atoms with Gasteiger partial charge in [-0.05, 0) is 42.3 Å². The monoisotopic (exact) mass is 387 g/mol. The summed E-state index contributed by atoms with van der Waals surface area (Å²) < 4.78 is 11.5. The van der Waals surface area contributed by atoms with Crippen LogP contribution in [0.15, 0.2) is 66.7 Å². The average molecular weight is 387 g/mol. The summed E-state index contributed by atoms with van der Waals surface area (Å²) >= 11 is 0. The Labute approximate surface area is 170 Å². The molecule has 0 fully saturated rings. The molecule has 4 aromatic rings. The molecule has 0 saturated heterocycles. The van der Waals surface area contributed by atoms with Crippen molar-refractivity contribution in [2.24, 2.45) is 0 Å². The topological polar surface area (TPSA) is 59.2 Å². The molecule has 0 aliphatic heterocycles. The van der Waals surface area contributed by atoms with Gasteiger partial charge >= 0.3 is 0 Å². The van der Waals surface area contributed by atoms with E-state index in [0.29, 0.717) is 19.7 Å². The third-order valence-electron chi connectivity index (χ3n) is 4.80. The van der Waals surface area contributed by atoms with Crippen molar-refractivity contribution < 1.29 is 9.47 Å². The molecule has 1 aromatic heterocycles. The number of aromatic nitrogens is 2. The Kier molecular flexibility index (Phi) is 5.77. The van der Waals surface area contributed by atoms with Crippen LogP contribution in [0.2, 0.25) is 0 Å². The fourth-order valence-electron chi connectivity index (χ4n) is 3.20. The maximum atomic E-state index is 5.96. The summed E-state index contributed by atoms with van der Waals surface area (Å²) in [5.74, 6) is 2.41. The first-order valence-corrected chi connectivity index (χ1v) is 9.71. The van der Waals surface area contributed by atoms with Crippen LogP contribution in [0, 0.1) is 6.92 Å². The van der Waals surface area contributed by atoms with Crippen LogP contribution in [0.4, 0.5) is 0 Å². The number of methoxy groups -OCH3 is 1. The number of benzene rings is 3. The molecule has 2 N–H and O–H groups in total. The molecule has 3 aromatic carbocycles. The molecule has 0 saturated carbocycles. The predicted octanol–water partition coefficient (Wildman–Crippen LogP) is 4.75. The number of rotatable bonds is 8. The number of ether oxygens (including phenoxy) is 2. The number of aromatic amines is 1. The number of imidazole rings is 1. The van der Waals surface area contributed by atoms with Gasteiger partial charge in [-0.15, -0.1) is 0 Å². The highest BCUT2D eigenvalue weighted by Crippen LogP contribution is 2.29. The summed E-state index contributed by atoms with van der Waals surface area (Å²) in [6, 6.07) is 22.4. The molecule has 0 atom stereocenters.